The van der Waals surface area contributed by atoms with Gasteiger partial charge in [-0.2, -0.15) is 0 Å². The molecule has 1 amide bonds. The van der Waals surface area contributed by atoms with Gasteiger partial charge in [0, 0.05) is 16.8 Å². The first kappa shape index (κ1) is 19.8. The highest BCUT2D eigenvalue weighted by atomic mass is 35.5. The molecular weight excluding hydrogens is 431 g/mol. The molecule has 0 atom stereocenters. The van der Waals surface area contributed by atoms with E-state index in [4.69, 9.17) is 44.6 Å². The van der Waals surface area contributed by atoms with E-state index in [0.29, 0.717) is 19.9 Å². The second-order valence-electron chi connectivity index (χ2n) is 5.19. The molecule has 1 aliphatic heterocycles. The van der Waals surface area contributed by atoms with Crippen molar-refractivity contribution >= 4 is 81.0 Å². The maximum Gasteiger partial charge on any atom is 0.345 e. The van der Waals surface area contributed by atoms with Gasteiger partial charge in [0.2, 0.25) is 5.88 Å². The zero-order valence-electron chi connectivity index (χ0n) is 13.8. The zero-order valence-corrected chi connectivity index (χ0v) is 16.9. The number of carbonyl (C=O) groups is 2. The molecule has 1 aromatic heterocycles. The van der Waals surface area contributed by atoms with E-state index in [-0.39, 0.29) is 34.7 Å². The number of carbonyl (C=O) groups excluding carboxylic acids is 2. The van der Waals surface area contributed by atoms with Gasteiger partial charge in [0.1, 0.15) is 20.7 Å². The minimum absolute atomic E-state index is 0.0244. The lowest BCUT2D eigenvalue weighted by atomic mass is 10.2. The number of rotatable bonds is 5. The number of amides is 1. The Labute approximate surface area is 174 Å². The molecule has 140 valence electrons. The van der Waals surface area contributed by atoms with Crippen molar-refractivity contribution < 1.29 is 18.7 Å². The Morgan fingerprint density at radius 3 is 2.85 bits per heavy atom. The minimum Gasteiger partial charge on any atom is -0.462 e. The van der Waals surface area contributed by atoms with Crippen molar-refractivity contribution in [3.8, 4) is 0 Å². The van der Waals surface area contributed by atoms with E-state index >= 15 is 0 Å². The number of ether oxygens (including phenoxy) is 1. The van der Waals surface area contributed by atoms with Crippen LogP contribution in [0, 0.1) is 0 Å². The van der Waals surface area contributed by atoms with Crippen LogP contribution >= 0.6 is 47.2 Å². The molecule has 0 bridgehead atoms. The predicted molar refractivity (Wildman–Crippen MR) is 111 cm³/mol. The summed E-state index contributed by atoms with van der Waals surface area (Å²) in [5, 5.41) is 5.99. The fourth-order valence-corrected chi connectivity index (χ4v) is 3.69. The molecule has 3 rings (SSSR count). The van der Waals surface area contributed by atoms with Crippen molar-refractivity contribution in [1.82, 2.24) is 5.32 Å². The van der Waals surface area contributed by atoms with Crippen LogP contribution in [0.4, 0.5) is 11.6 Å². The molecule has 0 aliphatic carbocycles. The van der Waals surface area contributed by atoms with Crippen LogP contribution in [0.2, 0.25) is 10.0 Å². The van der Waals surface area contributed by atoms with Crippen LogP contribution in [-0.4, -0.2) is 22.8 Å². The quantitative estimate of drug-likeness (QED) is 0.383. The summed E-state index contributed by atoms with van der Waals surface area (Å²) in [7, 11) is 0. The summed E-state index contributed by atoms with van der Waals surface area (Å²) in [6.07, 6.45) is 1.42. The SMILES string of the molecule is CCOC(=O)c1c(Nc2cccc(Cl)c2)oc(/C=C2/SC(=S)NC2=O)c1Cl. The monoisotopic (exact) mass is 442 g/mol. The Bertz CT molecular complexity index is 972. The van der Waals surface area contributed by atoms with Crippen molar-refractivity contribution in [2.24, 2.45) is 0 Å². The molecule has 10 heteroatoms. The Morgan fingerprint density at radius 2 is 2.22 bits per heavy atom. The van der Waals surface area contributed by atoms with Gasteiger partial charge in [0.25, 0.3) is 5.91 Å². The number of thioether (sulfide) groups is 1. The summed E-state index contributed by atoms with van der Waals surface area (Å²) in [5.74, 6) is -0.802. The van der Waals surface area contributed by atoms with Crippen molar-refractivity contribution in [1.29, 1.82) is 0 Å². The molecule has 0 saturated carbocycles. The molecule has 0 spiro atoms. The van der Waals surface area contributed by atoms with Crippen LogP contribution in [-0.2, 0) is 9.53 Å². The Balaban J connectivity index is 2.03. The molecule has 6 nitrogen and oxygen atoms in total. The van der Waals surface area contributed by atoms with Crippen LogP contribution < -0.4 is 10.6 Å². The van der Waals surface area contributed by atoms with E-state index in [0.717, 1.165) is 11.8 Å². The molecule has 2 N–H and O–H groups in total. The van der Waals surface area contributed by atoms with E-state index < -0.39 is 5.97 Å². The topological polar surface area (TPSA) is 80.6 Å². The van der Waals surface area contributed by atoms with Gasteiger partial charge in [0.15, 0.2) is 0 Å². The van der Waals surface area contributed by atoms with Crippen molar-refractivity contribution in [2.45, 2.75) is 6.92 Å². The molecule has 2 aromatic rings. The zero-order chi connectivity index (χ0) is 19.6. The highest BCUT2D eigenvalue weighted by molar-refractivity contribution is 8.26. The van der Waals surface area contributed by atoms with Crippen LogP contribution in [0.15, 0.2) is 33.6 Å². The first-order chi connectivity index (χ1) is 12.9. The van der Waals surface area contributed by atoms with Gasteiger partial charge in [-0.15, -0.1) is 0 Å². The van der Waals surface area contributed by atoms with Crippen molar-refractivity contribution in [3.63, 3.8) is 0 Å². The third-order valence-electron chi connectivity index (χ3n) is 3.34. The second-order valence-corrected chi connectivity index (χ2v) is 7.73. The van der Waals surface area contributed by atoms with Crippen LogP contribution in [0.1, 0.15) is 23.0 Å². The fourth-order valence-electron chi connectivity index (χ4n) is 2.23. The van der Waals surface area contributed by atoms with Crippen molar-refractivity contribution in [3.05, 3.63) is 50.5 Å². The van der Waals surface area contributed by atoms with Gasteiger partial charge < -0.3 is 19.8 Å². The van der Waals surface area contributed by atoms with E-state index in [1.165, 1.54) is 6.08 Å². The molecule has 0 unspecified atom stereocenters. The number of esters is 1. The largest absolute Gasteiger partial charge is 0.462 e. The Kier molecular flexibility index (Phi) is 6.11. The highest BCUT2D eigenvalue weighted by Crippen LogP contribution is 2.37. The molecule has 2 heterocycles. The lowest BCUT2D eigenvalue weighted by molar-refractivity contribution is -0.115. The Hall–Kier alpha value is -2.00. The maximum absolute atomic E-state index is 12.4. The number of hydrogen-bond acceptors (Lipinski definition) is 7. The number of halogens is 2. The highest BCUT2D eigenvalue weighted by Gasteiger charge is 2.28. The van der Waals surface area contributed by atoms with Crippen LogP contribution in [0.5, 0.6) is 0 Å². The number of anilines is 2. The summed E-state index contributed by atoms with van der Waals surface area (Å²) in [6.45, 7) is 1.85. The van der Waals surface area contributed by atoms with E-state index in [1.807, 2.05) is 0 Å². The lowest BCUT2D eigenvalue weighted by Crippen LogP contribution is -2.17. The number of thiocarbonyl (C=S) groups is 1. The normalized spacial score (nSPS) is 15.1. The Morgan fingerprint density at radius 1 is 1.44 bits per heavy atom. The molecule has 27 heavy (non-hydrogen) atoms. The van der Waals surface area contributed by atoms with E-state index in [9.17, 15) is 9.59 Å². The van der Waals surface area contributed by atoms with Gasteiger partial charge in [-0.05, 0) is 25.1 Å². The first-order valence-corrected chi connectivity index (χ1v) is 9.64. The molecular formula is C17H12Cl2N2O4S2. The number of furan rings is 1. The van der Waals surface area contributed by atoms with E-state index in [1.54, 1.807) is 31.2 Å². The fraction of sp³-hybridized carbons (Fsp3) is 0.118. The van der Waals surface area contributed by atoms with Gasteiger partial charge in [-0.3, -0.25) is 4.79 Å². The van der Waals surface area contributed by atoms with Crippen molar-refractivity contribution in [2.75, 3.05) is 11.9 Å². The summed E-state index contributed by atoms with van der Waals surface area (Å²) < 4.78 is 11.1. The number of benzene rings is 1. The maximum atomic E-state index is 12.4. The van der Waals surface area contributed by atoms with Crippen LogP contribution in [0.25, 0.3) is 6.08 Å². The minimum atomic E-state index is -0.653. The average Bonchev–Trinajstić information content (AvgIpc) is 3.07. The van der Waals surface area contributed by atoms with Gasteiger partial charge in [-0.25, -0.2) is 4.79 Å². The van der Waals surface area contributed by atoms with E-state index in [2.05, 4.69) is 10.6 Å². The van der Waals surface area contributed by atoms with Gasteiger partial charge >= 0.3 is 5.97 Å². The summed E-state index contributed by atoms with van der Waals surface area (Å²) in [5.41, 5.74) is 0.614. The first-order valence-electron chi connectivity index (χ1n) is 7.66. The molecule has 1 fully saturated rings. The standard InChI is InChI=1S/C17H12Cl2N2O4S2/c1-2-24-16(23)12-13(19)10(7-11-14(22)21-17(26)27-11)25-15(12)20-9-5-3-4-8(18)6-9/h3-7,20H,2H2,1H3,(H,21,22,26)/b11-7+. The number of hydrogen-bond donors (Lipinski definition) is 2. The third kappa shape index (κ3) is 4.47. The van der Waals surface area contributed by atoms with Crippen LogP contribution in [0.3, 0.4) is 0 Å². The summed E-state index contributed by atoms with van der Waals surface area (Å²) >= 11 is 18.4. The van der Waals surface area contributed by atoms with Gasteiger partial charge in [0.05, 0.1) is 11.5 Å². The average molecular weight is 443 g/mol. The lowest BCUT2D eigenvalue weighted by Gasteiger charge is -2.06. The smallest absolute Gasteiger partial charge is 0.345 e. The number of nitrogens with one attached hydrogen (secondary N) is 2. The summed E-state index contributed by atoms with van der Waals surface area (Å²) in [4.78, 5) is 24.5. The molecule has 1 aliphatic rings. The second kappa shape index (κ2) is 8.35. The summed E-state index contributed by atoms with van der Waals surface area (Å²) in [6, 6.07) is 6.85. The third-order valence-corrected chi connectivity index (χ3v) is 5.11. The van der Waals surface area contributed by atoms with Gasteiger partial charge in [-0.1, -0.05) is 53.2 Å². The molecule has 0 radical (unpaired) electrons. The molecule has 1 aromatic carbocycles. The molecule has 1 saturated heterocycles. The predicted octanol–water partition coefficient (Wildman–Crippen LogP) is 5.00.